The molecule has 0 aliphatic rings. The van der Waals surface area contributed by atoms with Crippen LogP contribution in [-0.2, 0) is 0 Å². The zero-order valence-corrected chi connectivity index (χ0v) is 8.34. The van der Waals surface area contributed by atoms with Crippen LogP contribution >= 0.6 is 0 Å². The number of nitrogens with one attached hydrogen (secondary N) is 1. The van der Waals surface area contributed by atoms with E-state index < -0.39 is 0 Å². The normalized spacial score (nSPS) is 13.5. The molecule has 0 bridgehead atoms. The minimum atomic E-state index is 0.670. The minimum Gasteiger partial charge on any atom is -0.316 e. The van der Waals surface area contributed by atoms with Crippen LogP contribution in [0.4, 0.5) is 0 Å². The Morgan fingerprint density at radius 3 is 2.67 bits per heavy atom. The molecule has 0 saturated heterocycles. The van der Waals surface area contributed by atoms with Crippen molar-refractivity contribution in [1.29, 1.82) is 0 Å². The second kappa shape index (κ2) is 8.54. The van der Waals surface area contributed by atoms with Crippen molar-refractivity contribution in [3.8, 4) is 0 Å². The Bertz CT molecular complexity index is 127. The number of likely N-dealkylation sites (N-methyl/N-ethyl adjacent to an activating group) is 1. The van der Waals surface area contributed by atoms with Crippen LogP contribution in [0.5, 0.6) is 0 Å². The molecule has 0 aromatic carbocycles. The van der Waals surface area contributed by atoms with E-state index in [0.29, 0.717) is 5.92 Å². The number of allylic oxidation sites excluding steroid dienone is 2. The Kier molecular flexibility index (Phi) is 8.14. The highest BCUT2D eigenvalue weighted by atomic mass is 14.8. The lowest BCUT2D eigenvalue weighted by atomic mass is 10.00. The fourth-order valence-corrected chi connectivity index (χ4v) is 1.17. The summed E-state index contributed by atoms with van der Waals surface area (Å²) < 4.78 is 0. The van der Waals surface area contributed by atoms with Gasteiger partial charge in [-0.15, -0.1) is 6.58 Å². The molecule has 1 N–H and O–H groups in total. The van der Waals surface area contributed by atoms with Gasteiger partial charge in [0.25, 0.3) is 0 Å². The van der Waals surface area contributed by atoms with E-state index in [1.54, 1.807) is 0 Å². The molecule has 0 aliphatic heterocycles. The van der Waals surface area contributed by atoms with Gasteiger partial charge in [0.05, 0.1) is 0 Å². The zero-order valence-electron chi connectivity index (χ0n) is 8.34. The molecule has 0 aromatic rings. The fourth-order valence-electron chi connectivity index (χ4n) is 1.17. The molecule has 0 saturated carbocycles. The van der Waals surface area contributed by atoms with Crippen LogP contribution in [0.1, 0.15) is 26.2 Å². The monoisotopic (exact) mass is 167 g/mol. The summed E-state index contributed by atoms with van der Waals surface area (Å²) in [6.45, 7) is 7.01. The van der Waals surface area contributed by atoms with Gasteiger partial charge in [0.15, 0.2) is 0 Å². The summed E-state index contributed by atoms with van der Waals surface area (Å²) in [7, 11) is 1.96. The predicted molar refractivity (Wildman–Crippen MR) is 56.3 cm³/mol. The molecular weight excluding hydrogens is 146 g/mol. The molecule has 1 nitrogen and oxygen atoms in total. The molecule has 0 aliphatic carbocycles. The van der Waals surface area contributed by atoms with Gasteiger partial charge >= 0.3 is 0 Å². The number of hydrogen-bond donors (Lipinski definition) is 1. The molecule has 12 heavy (non-hydrogen) atoms. The van der Waals surface area contributed by atoms with Crippen LogP contribution in [-0.4, -0.2) is 13.6 Å². The lowest BCUT2D eigenvalue weighted by Crippen LogP contribution is -2.04. The first-order valence-electron chi connectivity index (χ1n) is 4.77. The summed E-state index contributed by atoms with van der Waals surface area (Å²) in [5.41, 5.74) is 0. The summed E-state index contributed by atoms with van der Waals surface area (Å²) >= 11 is 0. The van der Waals surface area contributed by atoms with Crippen molar-refractivity contribution < 1.29 is 0 Å². The van der Waals surface area contributed by atoms with E-state index in [-0.39, 0.29) is 0 Å². The van der Waals surface area contributed by atoms with E-state index in [2.05, 4.69) is 37.0 Å². The second-order valence-electron chi connectivity index (χ2n) is 3.05. The van der Waals surface area contributed by atoms with Crippen LogP contribution < -0.4 is 5.32 Å². The maximum absolute atomic E-state index is 3.83. The highest BCUT2D eigenvalue weighted by molar-refractivity contribution is 4.90. The average Bonchev–Trinajstić information content (AvgIpc) is 2.10. The van der Waals surface area contributed by atoms with E-state index in [4.69, 9.17) is 0 Å². The SMILES string of the molecule is C=CC(CC=CCNC)CCC. The summed E-state index contributed by atoms with van der Waals surface area (Å²) in [5, 5.41) is 3.08. The highest BCUT2D eigenvalue weighted by Crippen LogP contribution is 2.12. The van der Waals surface area contributed by atoms with Crippen LogP contribution in [0.3, 0.4) is 0 Å². The summed E-state index contributed by atoms with van der Waals surface area (Å²) in [5.74, 6) is 0.670. The highest BCUT2D eigenvalue weighted by Gasteiger charge is 1.98. The first-order chi connectivity index (χ1) is 5.85. The van der Waals surface area contributed by atoms with E-state index in [1.807, 2.05) is 7.05 Å². The lowest BCUT2D eigenvalue weighted by molar-refractivity contribution is 0.588. The minimum absolute atomic E-state index is 0.670. The van der Waals surface area contributed by atoms with Crippen LogP contribution in [0.2, 0.25) is 0 Å². The lowest BCUT2D eigenvalue weighted by Gasteiger charge is -2.06. The first kappa shape index (κ1) is 11.4. The van der Waals surface area contributed by atoms with E-state index >= 15 is 0 Å². The zero-order chi connectivity index (χ0) is 9.23. The summed E-state index contributed by atoms with van der Waals surface area (Å²) in [6, 6.07) is 0. The molecule has 0 rings (SSSR count). The Balaban J connectivity index is 3.49. The molecule has 0 fully saturated rings. The van der Waals surface area contributed by atoms with Gasteiger partial charge in [0, 0.05) is 6.54 Å². The van der Waals surface area contributed by atoms with Crippen molar-refractivity contribution in [2.45, 2.75) is 26.2 Å². The van der Waals surface area contributed by atoms with Crippen molar-refractivity contribution in [1.82, 2.24) is 5.32 Å². The van der Waals surface area contributed by atoms with Gasteiger partial charge in [-0.3, -0.25) is 0 Å². The molecule has 1 heteroatoms. The molecule has 70 valence electrons. The van der Waals surface area contributed by atoms with Crippen LogP contribution in [0.15, 0.2) is 24.8 Å². The Labute approximate surface area is 76.6 Å². The maximum atomic E-state index is 3.83. The molecule has 1 unspecified atom stereocenters. The van der Waals surface area contributed by atoms with Crippen molar-refractivity contribution in [3.63, 3.8) is 0 Å². The van der Waals surface area contributed by atoms with E-state index in [1.165, 1.54) is 12.8 Å². The molecular formula is C11H21N. The third-order valence-corrected chi connectivity index (χ3v) is 1.92. The largest absolute Gasteiger partial charge is 0.316 e. The Morgan fingerprint density at radius 2 is 2.17 bits per heavy atom. The van der Waals surface area contributed by atoms with Crippen LogP contribution in [0.25, 0.3) is 0 Å². The summed E-state index contributed by atoms with van der Waals surface area (Å²) in [6.07, 6.45) is 10.1. The third kappa shape index (κ3) is 6.17. The van der Waals surface area contributed by atoms with Crippen molar-refractivity contribution >= 4 is 0 Å². The Morgan fingerprint density at radius 1 is 1.42 bits per heavy atom. The van der Waals surface area contributed by atoms with E-state index in [0.717, 1.165) is 13.0 Å². The first-order valence-corrected chi connectivity index (χ1v) is 4.77. The molecule has 1 atom stereocenters. The fraction of sp³-hybridized carbons (Fsp3) is 0.636. The van der Waals surface area contributed by atoms with Crippen molar-refractivity contribution in [3.05, 3.63) is 24.8 Å². The topological polar surface area (TPSA) is 12.0 Å². The quantitative estimate of drug-likeness (QED) is 0.575. The molecule has 0 aromatic heterocycles. The maximum Gasteiger partial charge on any atom is 0.0131 e. The molecule has 0 spiro atoms. The van der Waals surface area contributed by atoms with Gasteiger partial charge in [-0.05, 0) is 25.8 Å². The van der Waals surface area contributed by atoms with Crippen molar-refractivity contribution in [2.75, 3.05) is 13.6 Å². The molecule has 0 amide bonds. The van der Waals surface area contributed by atoms with Crippen molar-refractivity contribution in [2.24, 2.45) is 5.92 Å². The van der Waals surface area contributed by atoms with Gasteiger partial charge in [-0.1, -0.05) is 31.6 Å². The average molecular weight is 167 g/mol. The molecule has 0 radical (unpaired) electrons. The van der Waals surface area contributed by atoms with E-state index in [9.17, 15) is 0 Å². The van der Waals surface area contributed by atoms with Gasteiger partial charge in [-0.25, -0.2) is 0 Å². The van der Waals surface area contributed by atoms with Gasteiger partial charge in [0.1, 0.15) is 0 Å². The second-order valence-corrected chi connectivity index (χ2v) is 3.05. The molecule has 0 heterocycles. The Hall–Kier alpha value is -0.560. The number of rotatable bonds is 7. The standard InChI is InChI=1S/C11H21N/c1-4-8-11(5-2)9-6-7-10-12-3/h5-7,11-12H,2,4,8-10H2,1,3H3. The smallest absolute Gasteiger partial charge is 0.0131 e. The number of hydrogen-bond acceptors (Lipinski definition) is 1. The van der Waals surface area contributed by atoms with Gasteiger partial charge < -0.3 is 5.32 Å². The van der Waals surface area contributed by atoms with Gasteiger partial charge in [0.2, 0.25) is 0 Å². The third-order valence-electron chi connectivity index (χ3n) is 1.92. The summed E-state index contributed by atoms with van der Waals surface area (Å²) in [4.78, 5) is 0. The van der Waals surface area contributed by atoms with Gasteiger partial charge in [-0.2, -0.15) is 0 Å². The van der Waals surface area contributed by atoms with Crippen LogP contribution in [0, 0.1) is 5.92 Å². The predicted octanol–water partition coefficient (Wildman–Crippen LogP) is 2.75.